The first-order valence-electron chi connectivity index (χ1n) is 6.45. The van der Waals surface area contributed by atoms with E-state index in [0.717, 1.165) is 21.0 Å². The Bertz CT molecular complexity index is 744. The molecule has 0 aliphatic heterocycles. The Balaban J connectivity index is 1.89. The molecule has 0 aliphatic rings. The van der Waals surface area contributed by atoms with Gasteiger partial charge in [-0.2, -0.15) is 0 Å². The van der Waals surface area contributed by atoms with Crippen LogP contribution in [0.5, 0.6) is 0 Å². The van der Waals surface area contributed by atoms with Gasteiger partial charge in [0.05, 0.1) is 11.8 Å². The Morgan fingerprint density at radius 1 is 1.05 bits per heavy atom. The predicted octanol–water partition coefficient (Wildman–Crippen LogP) is 3.42. The van der Waals surface area contributed by atoms with Crippen molar-refractivity contribution < 1.29 is 4.73 Å². The monoisotopic (exact) mass is 328 g/mol. The van der Waals surface area contributed by atoms with E-state index < -0.39 is 0 Å². The van der Waals surface area contributed by atoms with Crippen molar-refractivity contribution in [3.8, 4) is 0 Å². The molecule has 100 valence electrons. The molecule has 0 N–H and O–H groups in total. The van der Waals surface area contributed by atoms with Crippen molar-refractivity contribution >= 4 is 26.8 Å². The molecule has 0 unspecified atom stereocenters. The Kier molecular flexibility index (Phi) is 3.65. The average molecular weight is 329 g/mol. The van der Waals surface area contributed by atoms with Crippen LogP contribution in [0.4, 0.5) is 0 Å². The Labute approximate surface area is 125 Å². The molecule has 0 saturated carbocycles. The van der Waals surface area contributed by atoms with Crippen LogP contribution >= 0.6 is 15.9 Å². The molecule has 1 heterocycles. The van der Waals surface area contributed by atoms with Gasteiger partial charge in [-0.05, 0) is 30.2 Å². The van der Waals surface area contributed by atoms with Gasteiger partial charge in [0, 0.05) is 4.47 Å². The van der Waals surface area contributed by atoms with Crippen LogP contribution < -0.4 is 4.73 Å². The summed E-state index contributed by atoms with van der Waals surface area (Å²) in [5.74, 6) is 0.559. The summed E-state index contributed by atoms with van der Waals surface area (Å²) in [4.78, 5) is 4.29. The Morgan fingerprint density at radius 2 is 1.85 bits per heavy atom. The highest BCUT2D eigenvalue weighted by Gasteiger charge is 2.11. The third-order valence-electron chi connectivity index (χ3n) is 3.28. The van der Waals surface area contributed by atoms with E-state index in [-0.39, 0.29) is 0 Å². The van der Waals surface area contributed by atoms with Crippen molar-refractivity contribution in [3.05, 3.63) is 75.8 Å². The molecule has 0 aliphatic carbocycles. The Hall–Kier alpha value is -1.94. The maximum atomic E-state index is 12.3. The molecule has 0 spiro atoms. The van der Waals surface area contributed by atoms with Crippen LogP contribution in [0, 0.1) is 5.21 Å². The van der Waals surface area contributed by atoms with Crippen LogP contribution in [0.1, 0.15) is 11.4 Å². The largest absolute Gasteiger partial charge is 0.710 e. The number of hydrogen-bond donors (Lipinski definition) is 0. The van der Waals surface area contributed by atoms with Gasteiger partial charge in [0.25, 0.3) is 0 Å². The summed E-state index contributed by atoms with van der Waals surface area (Å²) in [7, 11) is 0. The van der Waals surface area contributed by atoms with Crippen LogP contribution in [-0.2, 0) is 12.8 Å². The molecule has 20 heavy (non-hydrogen) atoms. The molecular formula is C16H13BrN2O. The van der Waals surface area contributed by atoms with E-state index in [0.29, 0.717) is 17.8 Å². The zero-order valence-electron chi connectivity index (χ0n) is 10.8. The predicted molar refractivity (Wildman–Crippen MR) is 82.3 cm³/mol. The number of benzene rings is 2. The summed E-state index contributed by atoms with van der Waals surface area (Å²) < 4.78 is 1.88. The SMILES string of the molecule is [O-][n+]1c(CCc2ccccc2)ncc2cc(Br)ccc21. The third kappa shape index (κ3) is 2.65. The number of nitrogens with zero attached hydrogens (tertiary/aromatic N) is 2. The van der Waals surface area contributed by atoms with E-state index in [1.165, 1.54) is 5.56 Å². The normalized spacial score (nSPS) is 10.8. The summed E-state index contributed by atoms with van der Waals surface area (Å²) in [6.45, 7) is 0. The van der Waals surface area contributed by atoms with E-state index in [2.05, 4.69) is 33.0 Å². The fourth-order valence-corrected chi connectivity index (χ4v) is 2.59. The quantitative estimate of drug-likeness (QED) is 0.546. The summed E-state index contributed by atoms with van der Waals surface area (Å²) in [6.07, 6.45) is 3.21. The first kappa shape index (κ1) is 13.1. The summed E-state index contributed by atoms with van der Waals surface area (Å²) >= 11 is 3.40. The lowest BCUT2D eigenvalue weighted by molar-refractivity contribution is -0.589. The van der Waals surface area contributed by atoms with E-state index >= 15 is 0 Å². The van der Waals surface area contributed by atoms with Crippen molar-refractivity contribution in [1.82, 2.24) is 4.98 Å². The standard InChI is InChI=1S/C16H13BrN2O/c17-14-7-8-15-13(10-14)11-18-16(19(15)20)9-6-12-4-2-1-3-5-12/h1-5,7-8,10-11H,6,9H2. The van der Waals surface area contributed by atoms with Gasteiger partial charge in [-0.25, -0.2) is 4.73 Å². The number of halogens is 1. The van der Waals surface area contributed by atoms with Crippen molar-refractivity contribution in [2.45, 2.75) is 12.8 Å². The van der Waals surface area contributed by atoms with Gasteiger partial charge in [-0.3, -0.25) is 0 Å². The van der Waals surface area contributed by atoms with E-state index in [1.807, 2.05) is 36.4 Å². The minimum absolute atomic E-state index is 0.559. The topological polar surface area (TPSA) is 39.8 Å². The average Bonchev–Trinajstić information content (AvgIpc) is 2.47. The molecule has 3 aromatic rings. The number of hydrogen-bond acceptors (Lipinski definition) is 2. The van der Waals surface area contributed by atoms with E-state index in [1.54, 1.807) is 6.20 Å². The summed E-state index contributed by atoms with van der Waals surface area (Å²) in [5, 5.41) is 13.1. The molecular weight excluding hydrogens is 316 g/mol. The Morgan fingerprint density at radius 3 is 2.65 bits per heavy atom. The molecule has 4 heteroatoms. The molecule has 0 fully saturated rings. The first-order valence-corrected chi connectivity index (χ1v) is 7.24. The molecule has 3 rings (SSSR count). The van der Waals surface area contributed by atoms with E-state index in [4.69, 9.17) is 0 Å². The number of fused-ring (bicyclic) bond motifs is 1. The molecule has 0 saturated heterocycles. The molecule has 0 bridgehead atoms. The second kappa shape index (κ2) is 5.59. The first-order chi connectivity index (χ1) is 9.74. The van der Waals surface area contributed by atoms with Crippen LogP contribution in [0.3, 0.4) is 0 Å². The lowest BCUT2D eigenvalue weighted by Crippen LogP contribution is -2.34. The minimum Gasteiger partial charge on any atom is -0.710 e. The van der Waals surface area contributed by atoms with Crippen LogP contribution in [0.2, 0.25) is 0 Å². The molecule has 0 radical (unpaired) electrons. The van der Waals surface area contributed by atoms with Gasteiger partial charge in [-0.1, -0.05) is 51.2 Å². The zero-order valence-corrected chi connectivity index (χ0v) is 12.4. The van der Waals surface area contributed by atoms with Crippen LogP contribution in [0.15, 0.2) is 59.2 Å². The van der Waals surface area contributed by atoms with Crippen molar-refractivity contribution in [1.29, 1.82) is 0 Å². The van der Waals surface area contributed by atoms with Gasteiger partial charge in [0.1, 0.15) is 5.52 Å². The summed E-state index contributed by atoms with van der Waals surface area (Å²) in [6, 6.07) is 15.7. The smallest absolute Gasteiger partial charge is 0.302 e. The minimum atomic E-state index is 0.559. The molecule has 0 amide bonds. The number of aromatic nitrogens is 2. The van der Waals surface area contributed by atoms with E-state index in [9.17, 15) is 5.21 Å². The maximum Gasteiger partial charge on any atom is 0.302 e. The highest BCUT2D eigenvalue weighted by atomic mass is 79.9. The highest BCUT2D eigenvalue weighted by Crippen LogP contribution is 2.16. The highest BCUT2D eigenvalue weighted by molar-refractivity contribution is 9.10. The number of rotatable bonds is 3. The van der Waals surface area contributed by atoms with Crippen molar-refractivity contribution in [2.75, 3.05) is 0 Å². The second-order valence-electron chi connectivity index (χ2n) is 4.66. The van der Waals surface area contributed by atoms with Gasteiger partial charge >= 0.3 is 5.82 Å². The zero-order chi connectivity index (χ0) is 13.9. The van der Waals surface area contributed by atoms with Crippen LogP contribution in [-0.4, -0.2) is 4.98 Å². The van der Waals surface area contributed by atoms with Gasteiger partial charge in [-0.15, -0.1) is 0 Å². The molecule has 1 aromatic heterocycles. The van der Waals surface area contributed by atoms with Crippen LogP contribution in [0.25, 0.3) is 10.9 Å². The van der Waals surface area contributed by atoms with Gasteiger partial charge < -0.3 is 5.21 Å². The fraction of sp³-hybridized carbons (Fsp3) is 0.125. The lowest BCUT2D eigenvalue weighted by Gasteiger charge is -2.09. The third-order valence-corrected chi connectivity index (χ3v) is 3.77. The van der Waals surface area contributed by atoms with Crippen molar-refractivity contribution in [2.24, 2.45) is 0 Å². The number of aryl methyl sites for hydroxylation is 2. The van der Waals surface area contributed by atoms with Crippen molar-refractivity contribution in [3.63, 3.8) is 0 Å². The maximum absolute atomic E-state index is 12.3. The fourth-order valence-electron chi connectivity index (χ4n) is 2.22. The molecule has 3 nitrogen and oxygen atoms in total. The summed E-state index contributed by atoms with van der Waals surface area (Å²) in [5.41, 5.74) is 1.87. The molecule has 0 atom stereocenters. The van der Waals surface area contributed by atoms with Gasteiger partial charge in [0.15, 0.2) is 6.20 Å². The lowest BCUT2D eigenvalue weighted by atomic mass is 10.1. The second-order valence-corrected chi connectivity index (χ2v) is 5.57. The molecule has 2 aromatic carbocycles. The van der Waals surface area contributed by atoms with Gasteiger partial charge in [0.2, 0.25) is 0 Å².